The summed E-state index contributed by atoms with van der Waals surface area (Å²) in [5.41, 5.74) is 3.45. The molecule has 0 fully saturated rings. The molecule has 2 amide bonds. The van der Waals surface area contributed by atoms with Gasteiger partial charge in [0, 0.05) is 19.3 Å². The van der Waals surface area contributed by atoms with Gasteiger partial charge in [-0.2, -0.15) is 0 Å². The Balaban J connectivity index is 1.61. The Hall–Kier alpha value is -3.22. The number of fused-ring (bicyclic) bond motifs is 1. The van der Waals surface area contributed by atoms with E-state index in [1.807, 2.05) is 61.9 Å². The van der Waals surface area contributed by atoms with Crippen LogP contribution in [0, 0.1) is 0 Å². The number of nitrogens with zero attached hydrogens (tertiary/aromatic N) is 2. The van der Waals surface area contributed by atoms with Crippen LogP contribution in [-0.2, 0) is 13.6 Å². The molecule has 3 aromatic rings. The lowest BCUT2D eigenvalue weighted by molar-refractivity contribution is 0.230. The molecule has 7 nitrogen and oxygen atoms in total. The summed E-state index contributed by atoms with van der Waals surface area (Å²) in [4.78, 5) is 16.5. The fourth-order valence-electron chi connectivity index (χ4n) is 2.74. The third-order valence-corrected chi connectivity index (χ3v) is 4.03. The number of aromatic nitrogens is 2. The summed E-state index contributed by atoms with van der Waals surface area (Å²) in [6.45, 7) is 4.29. The van der Waals surface area contributed by atoms with Crippen LogP contribution in [0.3, 0.4) is 0 Å². The van der Waals surface area contributed by atoms with Crippen LogP contribution in [0.4, 0.5) is 10.5 Å². The molecule has 0 unspecified atom stereocenters. The Morgan fingerprint density at radius 2 is 2.00 bits per heavy atom. The molecule has 0 atom stereocenters. The predicted octanol–water partition coefficient (Wildman–Crippen LogP) is 3.69. The zero-order valence-corrected chi connectivity index (χ0v) is 15.9. The molecule has 27 heavy (non-hydrogen) atoms. The van der Waals surface area contributed by atoms with Gasteiger partial charge in [-0.05, 0) is 49.7 Å². The van der Waals surface area contributed by atoms with Crippen molar-refractivity contribution >= 4 is 22.8 Å². The van der Waals surface area contributed by atoms with Crippen LogP contribution < -0.4 is 20.1 Å². The van der Waals surface area contributed by atoms with Crippen LogP contribution >= 0.6 is 0 Å². The summed E-state index contributed by atoms with van der Waals surface area (Å²) < 4.78 is 13.0. The van der Waals surface area contributed by atoms with Crippen molar-refractivity contribution in [1.29, 1.82) is 0 Å². The lowest BCUT2D eigenvalue weighted by atomic mass is 10.2. The summed E-state index contributed by atoms with van der Waals surface area (Å²) in [6, 6.07) is 10.9. The van der Waals surface area contributed by atoms with E-state index < -0.39 is 0 Å². The third kappa shape index (κ3) is 4.49. The van der Waals surface area contributed by atoms with Crippen molar-refractivity contribution < 1.29 is 14.3 Å². The summed E-state index contributed by atoms with van der Waals surface area (Å²) in [5.74, 6) is 1.33. The maximum atomic E-state index is 12.2. The monoisotopic (exact) mass is 368 g/mol. The Bertz CT molecular complexity index is 950. The average Bonchev–Trinajstić information content (AvgIpc) is 3.01. The van der Waals surface area contributed by atoms with Crippen LogP contribution in [0.1, 0.15) is 19.4 Å². The molecule has 1 aromatic heterocycles. The van der Waals surface area contributed by atoms with Gasteiger partial charge in [-0.15, -0.1) is 0 Å². The Kier molecular flexibility index (Phi) is 5.49. The second-order valence-electron chi connectivity index (χ2n) is 6.52. The normalized spacial score (nSPS) is 10.9. The molecule has 2 aromatic carbocycles. The second kappa shape index (κ2) is 7.99. The average molecular weight is 368 g/mol. The number of anilines is 1. The van der Waals surface area contributed by atoms with Gasteiger partial charge in [-0.1, -0.05) is 6.07 Å². The Morgan fingerprint density at radius 1 is 1.19 bits per heavy atom. The van der Waals surface area contributed by atoms with Crippen molar-refractivity contribution in [3.05, 3.63) is 48.3 Å². The number of carbonyl (C=O) groups excluding carboxylic acids is 1. The molecule has 3 rings (SSSR count). The number of rotatable bonds is 6. The van der Waals surface area contributed by atoms with E-state index in [0.717, 1.165) is 16.6 Å². The number of urea groups is 1. The molecular weight excluding hydrogens is 344 g/mol. The first-order chi connectivity index (χ1) is 13.0. The molecule has 0 saturated carbocycles. The Labute approximate surface area is 158 Å². The highest BCUT2D eigenvalue weighted by Crippen LogP contribution is 2.29. The largest absolute Gasteiger partial charge is 0.493 e. The lowest BCUT2D eigenvalue weighted by Crippen LogP contribution is -2.28. The van der Waals surface area contributed by atoms with E-state index in [0.29, 0.717) is 23.7 Å². The van der Waals surface area contributed by atoms with E-state index in [2.05, 4.69) is 15.6 Å². The topological polar surface area (TPSA) is 77.4 Å². The van der Waals surface area contributed by atoms with Crippen molar-refractivity contribution in [3.63, 3.8) is 0 Å². The highest BCUT2D eigenvalue weighted by atomic mass is 16.5. The standard InChI is InChI=1S/C20H24N4O3/c1-13(2)27-18-8-5-14(9-19(18)26-4)11-21-20(25)23-15-6-7-17-16(10-15)22-12-24(17)3/h5-10,12-13H,11H2,1-4H3,(H2,21,23,25). The Morgan fingerprint density at radius 3 is 2.74 bits per heavy atom. The summed E-state index contributed by atoms with van der Waals surface area (Å²) >= 11 is 0. The fourth-order valence-corrected chi connectivity index (χ4v) is 2.74. The SMILES string of the molecule is COc1cc(CNC(=O)Nc2ccc3c(c2)ncn3C)ccc1OC(C)C. The van der Waals surface area contributed by atoms with Crippen molar-refractivity contribution in [2.24, 2.45) is 7.05 Å². The van der Waals surface area contributed by atoms with Gasteiger partial charge in [0.05, 0.1) is 30.6 Å². The molecule has 0 spiro atoms. The molecule has 0 aliphatic rings. The summed E-state index contributed by atoms with van der Waals surface area (Å²) in [5, 5.41) is 5.66. The highest BCUT2D eigenvalue weighted by molar-refractivity contribution is 5.91. The molecule has 2 N–H and O–H groups in total. The maximum Gasteiger partial charge on any atom is 0.319 e. The van der Waals surface area contributed by atoms with E-state index in [1.165, 1.54) is 0 Å². The number of benzene rings is 2. The van der Waals surface area contributed by atoms with Crippen LogP contribution in [0.2, 0.25) is 0 Å². The van der Waals surface area contributed by atoms with Gasteiger partial charge in [0.15, 0.2) is 11.5 Å². The van der Waals surface area contributed by atoms with Crippen LogP contribution in [0.5, 0.6) is 11.5 Å². The molecule has 0 aliphatic carbocycles. The van der Waals surface area contributed by atoms with Crippen molar-refractivity contribution in [2.75, 3.05) is 12.4 Å². The first-order valence-corrected chi connectivity index (χ1v) is 8.76. The minimum Gasteiger partial charge on any atom is -0.493 e. The first kappa shape index (κ1) is 18.6. The van der Waals surface area contributed by atoms with E-state index in [-0.39, 0.29) is 12.1 Å². The number of ether oxygens (including phenoxy) is 2. The number of hydrogen-bond acceptors (Lipinski definition) is 4. The van der Waals surface area contributed by atoms with Gasteiger partial charge in [0.1, 0.15) is 0 Å². The second-order valence-corrected chi connectivity index (χ2v) is 6.52. The lowest BCUT2D eigenvalue weighted by Gasteiger charge is -2.15. The molecule has 0 radical (unpaired) electrons. The number of hydrogen-bond donors (Lipinski definition) is 2. The zero-order chi connectivity index (χ0) is 19.4. The molecule has 142 valence electrons. The van der Waals surface area contributed by atoms with Gasteiger partial charge < -0.3 is 24.7 Å². The van der Waals surface area contributed by atoms with E-state index in [1.54, 1.807) is 13.4 Å². The minimum absolute atomic E-state index is 0.0603. The summed E-state index contributed by atoms with van der Waals surface area (Å²) in [7, 11) is 3.53. The van der Waals surface area contributed by atoms with E-state index in [4.69, 9.17) is 9.47 Å². The minimum atomic E-state index is -0.285. The molecule has 0 saturated heterocycles. The van der Waals surface area contributed by atoms with Crippen LogP contribution in [-0.4, -0.2) is 28.8 Å². The van der Waals surface area contributed by atoms with Gasteiger partial charge >= 0.3 is 6.03 Å². The quantitative estimate of drug-likeness (QED) is 0.696. The number of methoxy groups -OCH3 is 1. The van der Waals surface area contributed by atoms with Crippen molar-refractivity contribution in [3.8, 4) is 11.5 Å². The molecule has 7 heteroatoms. The van der Waals surface area contributed by atoms with Crippen LogP contribution in [0.15, 0.2) is 42.7 Å². The zero-order valence-electron chi connectivity index (χ0n) is 15.9. The number of carbonyl (C=O) groups is 1. The number of nitrogens with one attached hydrogen (secondary N) is 2. The number of aryl methyl sites for hydroxylation is 1. The predicted molar refractivity (Wildman–Crippen MR) is 105 cm³/mol. The molecular formula is C20H24N4O3. The van der Waals surface area contributed by atoms with E-state index in [9.17, 15) is 4.79 Å². The number of amides is 2. The van der Waals surface area contributed by atoms with Crippen molar-refractivity contribution in [1.82, 2.24) is 14.9 Å². The molecule has 0 aliphatic heterocycles. The highest BCUT2D eigenvalue weighted by Gasteiger charge is 2.09. The van der Waals surface area contributed by atoms with Gasteiger partial charge in [0.2, 0.25) is 0 Å². The smallest absolute Gasteiger partial charge is 0.319 e. The summed E-state index contributed by atoms with van der Waals surface area (Å²) in [6.07, 6.45) is 1.80. The third-order valence-electron chi connectivity index (χ3n) is 4.03. The fraction of sp³-hybridized carbons (Fsp3) is 0.300. The maximum absolute atomic E-state index is 12.2. The van der Waals surface area contributed by atoms with Crippen molar-refractivity contribution in [2.45, 2.75) is 26.5 Å². The van der Waals surface area contributed by atoms with Crippen LogP contribution in [0.25, 0.3) is 11.0 Å². The number of imidazole rings is 1. The molecule has 0 bridgehead atoms. The first-order valence-electron chi connectivity index (χ1n) is 8.76. The van der Waals surface area contributed by atoms with Gasteiger partial charge in [0.25, 0.3) is 0 Å². The molecule has 1 heterocycles. The van der Waals surface area contributed by atoms with Gasteiger partial charge in [-0.3, -0.25) is 0 Å². The van der Waals surface area contributed by atoms with Gasteiger partial charge in [-0.25, -0.2) is 9.78 Å². The van der Waals surface area contributed by atoms with E-state index >= 15 is 0 Å².